The summed E-state index contributed by atoms with van der Waals surface area (Å²) in [7, 11) is 0. The van der Waals surface area contributed by atoms with Gasteiger partial charge in [-0.15, -0.1) is 0 Å². The number of fused-ring (bicyclic) bond motifs is 1. The zero-order chi connectivity index (χ0) is 23.7. The van der Waals surface area contributed by atoms with E-state index in [0.717, 1.165) is 24.2 Å². The summed E-state index contributed by atoms with van der Waals surface area (Å²) >= 11 is 6.13. The first kappa shape index (κ1) is 21.8. The third-order valence-corrected chi connectivity index (χ3v) is 6.11. The second kappa shape index (κ2) is 9.07. The molecular formula is C25H22ClN5O3. The van der Waals surface area contributed by atoms with E-state index in [2.05, 4.69) is 10.3 Å². The highest BCUT2D eigenvalue weighted by Crippen LogP contribution is 2.32. The minimum atomic E-state index is -0.427. The van der Waals surface area contributed by atoms with Crippen molar-refractivity contribution in [3.05, 3.63) is 93.5 Å². The lowest BCUT2D eigenvalue weighted by atomic mass is 10.1. The number of anilines is 2. The van der Waals surface area contributed by atoms with E-state index in [1.54, 1.807) is 35.0 Å². The molecule has 0 bridgehead atoms. The summed E-state index contributed by atoms with van der Waals surface area (Å²) in [6, 6.07) is 17.8. The monoisotopic (exact) mass is 475 g/mol. The van der Waals surface area contributed by atoms with Gasteiger partial charge in [0, 0.05) is 24.5 Å². The Morgan fingerprint density at radius 3 is 2.59 bits per heavy atom. The fraction of sp³-hybridized carbons (Fsp3) is 0.160. The number of benzene rings is 2. The third-order valence-electron chi connectivity index (χ3n) is 5.73. The van der Waals surface area contributed by atoms with Gasteiger partial charge in [0.2, 0.25) is 0 Å². The van der Waals surface area contributed by atoms with E-state index >= 15 is 0 Å². The van der Waals surface area contributed by atoms with Gasteiger partial charge in [0.1, 0.15) is 22.2 Å². The molecule has 34 heavy (non-hydrogen) atoms. The summed E-state index contributed by atoms with van der Waals surface area (Å²) < 4.78 is 9.29. The van der Waals surface area contributed by atoms with Crippen LogP contribution < -0.4 is 21.3 Å². The number of para-hydroxylation sites is 1. The molecular weight excluding hydrogens is 454 g/mol. The van der Waals surface area contributed by atoms with Gasteiger partial charge in [-0.1, -0.05) is 29.8 Å². The number of hydrogen-bond donors (Lipinski definition) is 2. The standard InChI is InChI=1S/C25H22ClN5O3/c26-22-20(13-14-28-23(22)27)34-18-11-9-16(10-12-18)29-24(32)21-19-8-4-5-15-30(19)31(25(21)33)17-6-2-1-3-7-17/h1-3,6-7,9-14H,4-5,8,15H2,(H2,27,28)(H,29,32). The van der Waals surface area contributed by atoms with Crippen molar-refractivity contribution in [2.24, 2.45) is 0 Å². The molecule has 2 aromatic carbocycles. The molecule has 0 saturated carbocycles. The molecule has 3 heterocycles. The summed E-state index contributed by atoms with van der Waals surface area (Å²) in [6.07, 6.45) is 4.09. The van der Waals surface area contributed by atoms with Crippen LogP contribution in [0, 0.1) is 0 Å². The zero-order valence-electron chi connectivity index (χ0n) is 18.2. The Bertz CT molecular complexity index is 1410. The fourth-order valence-corrected chi connectivity index (χ4v) is 4.28. The van der Waals surface area contributed by atoms with E-state index in [1.807, 2.05) is 35.0 Å². The number of pyridine rings is 1. The average molecular weight is 476 g/mol. The topological polar surface area (TPSA) is 104 Å². The van der Waals surface area contributed by atoms with Crippen molar-refractivity contribution in [1.82, 2.24) is 14.3 Å². The smallest absolute Gasteiger partial charge is 0.284 e. The van der Waals surface area contributed by atoms with Crippen LogP contribution in [0.5, 0.6) is 11.5 Å². The maximum Gasteiger partial charge on any atom is 0.284 e. The van der Waals surface area contributed by atoms with Crippen LogP contribution in [0.25, 0.3) is 5.69 Å². The van der Waals surface area contributed by atoms with Crippen molar-refractivity contribution in [1.29, 1.82) is 0 Å². The second-order valence-corrected chi connectivity index (χ2v) is 8.32. The van der Waals surface area contributed by atoms with Crippen molar-refractivity contribution in [3.8, 4) is 17.2 Å². The molecule has 172 valence electrons. The molecule has 0 saturated heterocycles. The highest BCUT2D eigenvalue weighted by atomic mass is 35.5. The van der Waals surface area contributed by atoms with Crippen LogP contribution in [0.3, 0.4) is 0 Å². The first-order chi connectivity index (χ1) is 16.5. The highest BCUT2D eigenvalue weighted by molar-refractivity contribution is 6.34. The molecule has 1 aliphatic heterocycles. The van der Waals surface area contributed by atoms with Gasteiger partial charge >= 0.3 is 0 Å². The number of nitrogen functional groups attached to an aromatic ring is 1. The summed E-state index contributed by atoms with van der Waals surface area (Å²) in [5.41, 5.74) is 7.63. The number of aromatic nitrogens is 3. The molecule has 8 nitrogen and oxygen atoms in total. The Labute approximate surface area is 200 Å². The first-order valence-corrected chi connectivity index (χ1v) is 11.3. The number of nitrogens with two attached hydrogens (primary N) is 1. The van der Waals surface area contributed by atoms with E-state index in [0.29, 0.717) is 30.2 Å². The Morgan fingerprint density at radius 1 is 1.06 bits per heavy atom. The molecule has 1 amide bonds. The molecule has 2 aromatic heterocycles. The number of nitrogens with one attached hydrogen (secondary N) is 1. The predicted octanol–water partition coefficient (Wildman–Crippen LogP) is 4.65. The van der Waals surface area contributed by atoms with Crippen molar-refractivity contribution in [2.75, 3.05) is 11.1 Å². The maximum absolute atomic E-state index is 13.3. The van der Waals surface area contributed by atoms with E-state index in [4.69, 9.17) is 22.1 Å². The number of hydrogen-bond acceptors (Lipinski definition) is 5. The quantitative estimate of drug-likeness (QED) is 0.437. The Balaban J connectivity index is 1.40. The van der Waals surface area contributed by atoms with Crippen molar-refractivity contribution < 1.29 is 9.53 Å². The van der Waals surface area contributed by atoms with Crippen LogP contribution in [-0.4, -0.2) is 20.3 Å². The van der Waals surface area contributed by atoms with Gasteiger partial charge in [-0.25, -0.2) is 9.67 Å². The Kier molecular flexibility index (Phi) is 5.81. The minimum Gasteiger partial charge on any atom is -0.456 e. The first-order valence-electron chi connectivity index (χ1n) is 10.9. The van der Waals surface area contributed by atoms with E-state index in [-0.39, 0.29) is 22.0 Å². The highest BCUT2D eigenvalue weighted by Gasteiger charge is 2.27. The molecule has 0 radical (unpaired) electrons. The van der Waals surface area contributed by atoms with Gasteiger partial charge in [0.15, 0.2) is 5.75 Å². The van der Waals surface area contributed by atoms with Crippen molar-refractivity contribution in [3.63, 3.8) is 0 Å². The van der Waals surface area contributed by atoms with Crippen LogP contribution in [0.1, 0.15) is 28.9 Å². The molecule has 0 fully saturated rings. The molecule has 4 aromatic rings. The normalized spacial score (nSPS) is 12.7. The lowest BCUT2D eigenvalue weighted by Gasteiger charge is -2.19. The van der Waals surface area contributed by atoms with E-state index in [1.165, 1.54) is 6.20 Å². The number of nitrogens with zero attached hydrogens (tertiary/aromatic N) is 3. The molecule has 9 heteroatoms. The van der Waals surface area contributed by atoms with Gasteiger partial charge in [0.05, 0.1) is 11.4 Å². The summed E-state index contributed by atoms with van der Waals surface area (Å²) in [5, 5.41) is 3.08. The lowest BCUT2D eigenvalue weighted by Crippen LogP contribution is -2.25. The van der Waals surface area contributed by atoms with E-state index < -0.39 is 5.91 Å². The second-order valence-electron chi connectivity index (χ2n) is 7.94. The zero-order valence-corrected chi connectivity index (χ0v) is 19.0. The van der Waals surface area contributed by atoms with Crippen LogP contribution in [-0.2, 0) is 13.0 Å². The van der Waals surface area contributed by atoms with Gasteiger partial charge < -0.3 is 15.8 Å². The molecule has 5 rings (SSSR count). The largest absolute Gasteiger partial charge is 0.456 e. The number of carbonyl (C=O) groups excluding carboxylic acids is 1. The number of amides is 1. The Morgan fingerprint density at radius 2 is 1.82 bits per heavy atom. The van der Waals surface area contributed by atoms with Gasteiger partial charge in [-0.3, -0.25) is 14.3 Å². The SMILES string of the molecule is Nc1nccc(Oc2ccc(NC(=O)c3c4n(n(-c5ccccc5)c3=O)CCCC4)cc2)c1Cl. The number of halogens is 1. The van der Waals surface area contributed by atoms with Gasteiger partial charge in [0.25, 0.3) is 11.5 Å². The molecule has 3 N–H and O–H groups in total. The third kappa shape index (κ3) is 4.04. The predicted molar refractivity (Wildman–Crippen MR) is 131 cm³/mol. The van der Waals surface area contributed by atoms with Gasteiger partial charge in [-0.2, -0.15) is 0 Å². The summed E-state index contributed by atoms with van der Waals surface area (Å²) in [5.74, 6) is 0.648. The minimum absolute atomic E-state index is 0.181. The van der Waals surface area contributed by atoms with Crippen LogP contribution >= 0.6 is 11.6 Å². The molecule has 0 spiro atoms. The molecule has 1 aliphatic rings. The maximum atomic E-state index is 13.3. The summed E-state index contributed by atoms with van der Waals surface area (Å²) in [4.78, 5) is 30.4. The van der Waals surface area contributed by atoms with Gasteiger partial charge in [-0.05, 0) is 55.7 Å². The number of rotatable bonds is 5. The lowest BCUT2D eigenvalue weighted by molar-refractivity contribution is 0.102. The number of ether oxygens (including phenoxy) is 1. The molecule has 0 unspecified atom stereocenters. The van der Waals surface area contributed by atoms with Crippen LogP contribution in [0.15, 0.2) is 71.7 Å². The van der Waals surface area contributed by atoms with Crippen LogP contribution in [0.2, 0.25) is 5.02 Å². The molecule has 0 aliphatic carbocycles. The summed E-state index contributed by atoms with van der Waals surface area (Å²) in [6.45, 7) is 0.695. The Hall–Kier alpha value is -4.04. The molecule has 0 atom stereocenters. The average Bonchev–Trinajstić information content (AvgIpc) is 3.15. The van der Waals surface area contributed by atoms with Crippen molar-refractivity contribution >= 4 is 29.0 Å². The van der Waals surface area contributed by atoms with Crippen LogP contribution in [0.4, 0.5) is 11.5 Å². The number of carbonyl (C=O) groups is 1. The van der Waals surface area contributed by atoms with Crippen molar-refractivity contribution in [2.45, 2.75) is 25.8 Å². The van der Waals surface area contributed by atoms with E-state index in [9.17, 15) is 9.59 Å². The fourth-order valence-electron chi connectivity index (χ4n) is 4.13.